The molecule has 2 atom stereocenters. The van der Waals surface area contributed by atoms with E-state index < -0.39 is 0 Å². The lowest BCUT2D eigenvalue weighted by molar-refractivity contribution is -0.00570. The molecule has 0 aromatic carbocycles. The smallest absolute Gasteiger partial charge is 0.229 e. The Hall–Kier alpha value is -3.04. The minimum absolute atomic E-state index is 0.125. The fraction of sp³-hybridized carbons (Fsp3) is 0.478. The first-order chi connectivity index (χ1) is 15.6. The second kappa shape index (κ2) is 8.84. The van der Waals surface area contributed by atoms with Gasteiger partial charge in [-0.25, -0.2) is 4.98 Å². The van der Waals surface area contributed by atoms with Crippen LogP contribution in [-0.4, -0.2) is 71.5 Å². The molecule has 0 spiro atoms. The van der Waals surface area contributed by atoms with Gasteiger partial charge in [0.2, 0.25) is 5.95 Å². The Morgan fingerprint density at radius 2 is 1.75 bits per heavy atom. The van der Waals surface area contributed by atoms with Gasteiger partial charge in [0, 0.05) is 44.3 Å². The van der Waals surface area contributed by atoms with Crippen molar-refractivity contribution < 1.29 is 9.47 Å². The fourth-order valence-corrected chi connectivity index (χ4v) is 4.30. The summed E-state index contributed by atoms with van der Waals surface area (Å²) in [5, 5.41) is 4.34. The van der Waals surface area contributed by atoms with Gasteiger partial charge >= 0.3 is 0 Å². The van der Waals surface area contributed by atoms with Crippen LogP contribution in [0.5, 0.6) is 0 Å². The molecule has 9 nitrogen and oxygen atoms in total. The Bertz CT molecular complexity index is 1090. The second-order valence-electron chi connectivity index (χ2n) is 8.49. The normalized spacial score (nSPS) is 21.7. The first-order valence-corrected chi connectivity index (χ1v) is 11.2. The van der Waals surface area contributed by atoms with Crippen molar-refractivity contribution in [1.29, 1.82) is 0 Å². The molecular formula is C23H29N7O2. The maximum Gasteiger partial charge on any atom is 0.229 e. The van der Waals surface area contributed by atoms with E-state index in [0.717, 1.165) is 54.5 Å². The molecule has 0 aliphatic carbocycles. The van der Waals surface area contributed by atoms with E-state index in [-0.39, 0.29) is 12.2 Å². The molecule has 2 fully saturated rings. The summed E-state index contributed by atoms with van der Waals surface area (Å²) in [5.41, 5.74) is 2.72. The number of morpholine rings is 2. The Morgan fingerprint density at radius 1 is 0.969 bits per heavy atom. The Kier molecular flexibility index (Phi) is 5.75. The van der Waals surface area contributed by atoms with Crippen molar-refractivity contribution >= 4 is 34.3 Å². The molecule has 2 aliphatic rings. The number of anilines is 4. The summed E-state index contributed by atoms with van der Waals surface area (Å²) in [6.45, 7) is 10.7. The number of hydrogen-bond donors (Lipinski definition) is 1. The molecule has 5 rings (SSSR count). The van der Waals surface area contributed by atoms with Crippen LogP contribution in [0, 0.1) is 6.92 Å². The zero-order valence-electron chi connectivity index (χ0n) is 18.8. The molecule has 0 bridgehead atoms. The molecule has 3 aromatic rings. The van der Waals surface area contributed by atoms with Crippen molar-refractivity contribution in [2.24, 2.45) is 0 Å². The minimum Gasteiger partial charge on any atom is -0.378 e. The highest BCUT2D eigenvalue weighted by Gasteiger charge is 2.26. The number of rotatable bonds is 4. The van der Waals surface area contributed by atoms with E-state index in [1.807, 2.05) is 25.3 Å². The van der Waals surface area contributed by atoms with Gasteiger partial charge in [-0.15, -0.1) is 0 Å². The van der Waals surface area contributed by atoms with Crippen LogP contribution in [0.25, 0.3) is 11.0 Å². The molecule has 1 N–H and O–H groups in total. The summed E-state index contributed by atoms with van der Waals surface area (Å²) in [4.78, 5) is 23.4. The van der Waals surface area contributed by atoms with Gasteiger partial charge in [-0.2, -0.15) is 9.97 Å². The number of nitrogens with zero attached hydrogens (tertiary/aromatic N) is 6. The maximum atomic E-state index is 5.91. The van der Waals surface area contributed by atoms with E-state index in [1.54, 1.807) is 6.20 Å². The van der Waals surface area contributed by atoms with Gasteiger partial charge in [-0.3, -0.25) is 4.98 Å². The van der Waals surface area contributed by atoms with Crippen molar-refractivity contribution in [2.45, 2.75) is 33.0 Å². The summed E-state index contributed by atoms with van der Waals surface area (Å²) in [7, 11) is 0. The van der Waals surface area contributed by atoms with Gasteiger partial charge in [-0.1, -0.05) is 0 Å². The average molecular weight is 436 g/mol. The van der Waals surface area contributed by atoms with Crippen LogP contribution in [-0.2, 0) is 9.47 Å². The van der Waals surface area contributed by atoms with Crippen LogP contribution < -0.4 is 15.1 Å². The molecule has 0 saturated carbocycles. The van der Waals surface area contributed by atoms with E-state index in [1.165, 1.54) is 0 Å². The number of ether oxygens (including phenoxy) is 2. The molecular weight excluding hydrogens is 406 g/mol. The predicted molar refractivity (Wildman–Crippen MR) is 125 cm³/mol. The van der Waals surface area contributed by atoms with Crippen LogP contribution in [0.1, 0.15) is 19.4 Å². The molecule has 0 amide bonds. The van der Waals surface area contributed by atoms with Gasteiger partial charge < -0.3 is 24.6 Å². The third-order valence-corrected chi connectivity index (χ3v) is 5.82. The molecule has 168 valence electrons. The highest BCUT2D eigenvalue weighted by Crippen LogP contribution is 2.29. The van der Waals surface area contributed by atoms with Crippen LogP contribution in [0.3, 0.4) is 0 Å². The van der Waals surface area contributed by atoms with E-state index >= 15 is 0 Å². The molecule has 9 heteroatoms. The molecule has 2 unspecified atom stereocenters. The molecule has 3 aromatic heterocycles. The van der Waals surface area contributed by atoms with Gasteiger partial charge in [0.25, 0.3) is 0 Å². The van der Waals surface area contributed by atoms with Crippen molar-refractivity contribution in [3.63, 3.8) is 0 Å². The predicted octanol–water partition coefficient (Wildman–Crippen LogP) is 2.92. The van der Waals surface area contributed by atoms with Gasteiger partial charge in [-0.05, 0) is 44.5 Å². The topological polar surface area (TPSA) is 88.5 Å². The monoisotopic (exact) mass is 435 g/mol. The van der Waals surface area contributed by atoms with E-state index in [2.05, 4.69) is 40.0 Å². The van der Waals surface area contributed by atoms with Gasteiger partial charge in [0.05, 0.1) is 30.8 Å². The van der Waals surface area contributed by atoms with Crippen molar-refractivity contribution in [3.8, 4) is 0 Å². The summed E-state index contributed by atoms with van der Waals surface area (Å²) in [6, 6.07) is 5.98. The Labute approximate surface area is 187 Å². The maximum absolute atomic E-state index is 5.91. The third-order valence-electron chi connectivity index (χ3n) is 5.82. The number of hydrogen-bond acceptors (Lipinski definition) is 9. The van der Waals surface area contributed by atoms with E-state index in [0.29, 0.717) is 24.8 Å². The lowest BCUT2D eigenvalue weighted by Crippen LogP contribution is -2.46. The standard InChI is InChI=1S/C23H29N7O2/c1-15-12-24-7-6-19(15)25-20-5-4-18-21(26-20)27-23(30-13-16(2)32-17(3)14-30)28-22(18)29-8-10-31-11-9-29/h4-7,12,16-17H,8-11,13-14H2,1-3H3,(H,24,25,26,27,28). The number of fused-ring (bicyclic) bond motifs is 1. The van der Waals surface area contributed by atoms with Crippen molar-refractivity contribution in [3.05, 3.63) is 36.2 Å². The summed E-state index contributed by atoms with van der Waals surface area (Å²) in [6.07, 6.45) is 3.86. The first kappa shape index (κ1) is 20.8. The van der Waals surface area contributed by atoms with E-state index in [9.17, 15) is 0 Å². The van der Waals surface area contributed by atoms with E-state index in [4.69, 9.17) is 24.4 Å². The van der Waals surface area contributed by atoms with Crippen LogP contribution in [0.15, 0.2) is 30.6 Å². The first-order valence-electron chi connectivity index (χ1n) is 11.2. The van der Waals surface area contributed by atoms with Crippen molar-refractivity contribution in [1.82, 2.24) is 19.9 Å². The fourth-order valence-electron chi connectivity index (χ4n) is 4.30. The SMILES string of the molecule is Cc1cnccc1Nc1ccc2c(N3CCOCC3)nc(N3CC(C)OC(C)C3)nc2n1. The lowest BCUT2D eigenvalue weighted by Gasteiger charge is -2.36. The Morgan fingerprint density at radius 3 is 2.50 bits per heavy atom. The molecule has 2 saturated heterocycles. The van der Waals surface area contributed by atoms with Crippen LogP contribution in [0.2, 0.25) is 0 Å². The zero-order valence-corrected chi connectivity index (χ0v) is 18.8. The molecule has 0 radical (unpaired) electrons. The minimum atomic E-state index is 0.125. The largest absolute Gasteiger partial charge is 0.378 e. The zero-order chi connectivity index (χ0) is 22.1. The summed E-state index contributed by atoms with van der Waals surface area (Å²) in [5.74, 6) is 2.36. The van der Waals surface area contributed by atoms with Gasteiger partial charge in [0.1, 0.15) is 11.6 Å². The van der Waals surface area contributed by atoms with Crippen LogP contribution in [0.4, 0.5) is 23.3 Å². The Balaban J connectivity index is 1.56. The van der Waals surface area contributed by atoms with Gasteiger partial charge in [0.15, 0.2) is 5.65 Å². The average Bonchev–Trinajstić information content (AvgIpc) is 2.79. The molecule has 2 aliphatic heterocycles. The lowest BCUT2D eigenvalue weighted by atomic mass is 10.2. The number of aromatic nitrogens is 4. The summed E-state index contributed by atoms with van der Waals surface area (Å²) >= 11 is 0. The second-order valence-corrected chi connectivity index (χ2v) is 8.49. The summed E-state index contributed by atoms with van der Waals surface area (Å²) < 4.78 is 11.5. The van der Waals surface area contributed by atoms with Crippen LogP contribution >= 0.6 is 0 Å². The highest BCUT2D eigenvalue weighted by molar-refractivity contribution is 5.89. The molecule has 32 heavy (non-hydrogen) atoms. The number of aryl methyl sites for hydroxylation is 1. The number of nitrogens with one attached hydrogen (secondary N) is 1. The van der Waals surface area contributed by atoms with Crippen molar-refractivity contribution in [2.75, 3.05) is 54.5 Å². The third kappa shape index (κ3) is 4.31. The highest BCUT2D eigenvalue weighted by atomic mass is 16.5. The molecule has 5 heterocycles. The number of pyridine rings is 2. The quantitative estimate of drug-likeness (QED) is 0.664.